The van der Waals surface area contributed by atoms with Crippen LogP contribution in [0.25, 0.3) is 0 Å². The van der Waals surface area contributed by atoms with Gasteiger partial charge >= 0.3 is 0 Å². The van der Waals surface area contributed by atoms with Crippen molar-refractivity contribution in [3.8, 4) is 6.07 Å². The molecule has 1 aliphatic heterocycles. The van der Waals surface area contributed by atoms with Gasteiger partial charge in [-0.3, -0.25) is 0 Å². The Bertz CT molecular complexity index is 630. The second-order valence-electron chi connectivity index (χ2n) is 5.65. The molecule has 1 aromatic heterocycles. The van der Waals surface area contributed by atoms with Gasteiger partial charge in [0.1, 0.15) is 6.07 Å². The minimum absolute atomic E-state index is 0.338. The second kappa shape index (κ2) is 5.92. The fourth-order valence-corrected chi connectivity index (χ4v) is 2.97. The summed E-state index contributed by atoms with van der Waals surface area (Å²) in [6.45, 7) is 3.24. The number of hydrogen-bond donors (Lipinski definition) is 0. The standard InChI is InChI=1S/C17H18N4/c1-13-7-9-16(14-5-3-2-4-6-14)21(12-13)17-10-8-15(11-18)19-20-17/h2-6,8,10,13,16H,7,9,12H2,1H3/t13-,16+/m1/s1. The molecule has 106 valence electrons. The molecule has 0 radical (unpaired) electrons. The van der Waals surface area contributed by atoms with Crippen LogP contribution in [0, 0.1) is 17.2 Å². The highest BCUT2D eigenvalue weighted by molar-refractivity contribution is 5.43. The Hall–Kier alpha value is -2.41. The zero-order valence-electron chi connectivity index (χ0n) is 12.1. The maximum atomic E-state index is 8.84. The van der Waals surface area contributed by atoms with Gasteiger partial charge in [-0.25, -0.2) is 0 Å². The number of hydrogen-bond acceptors (Lipinski definition) is 4. The molecule has 0 spiro atoms. The third-order valence-electron chi connectivity index (χ3n) is 4.06. The first-order valence-electron chi connectivity index (χ1n) is 7.33. The number of nitriles is 1. The zero-order valence-corrected chi connectivity index (χ0v) is 12.1. The topological polar surface area (TPSA) is 52.8 Å². The lowest BCUT2D eigenvalue weighted by Gasteiger charge is -2.39. The molecule has 0 aliphatic carbocycles. The summed E-state index contributed by atoms with van der Waals surface area (Å²) in [6.07, 6.45) is 2.34. The van der Waals surface area contributed by atoms with E-state index in [1.807, 2.05) is 18.2 Å². The molecule has 4 nitrogen and oxygen atoms in total. The fourth-order valence-electron chi connectivity index (χ4n) is 2.97. The Morgan fingerprint density at radius 2 is 1.90 bits per heavy atom. The van der Waals surface area contributed by atoms with Crippen molar-refractivity contribution in [1.82, 2.24) is 10.2 Å². The van der Waals surface area contributed by atoms with Gasteiger partial charge in [-0.1, -0.05) is 37.3 Å². The molecular formula is C17H18N4. The van der Waals surface area contributed by atoms with Crippen LogP contribution in [0.2, 0.25) is 0 Å². The van der Waals surface area contributed by atoms with Crippen molar-refractivity contribution >= 4 is 5.82 Å². The molecule has 4 heteroatoms. The highest BCUT2D eigenvalue weighted by atomic mass is 15.3. The molecule has 1 saturated heterocycles. The van der Waals surface area contributed by atoms with E-state index < -0.39 is 0 Å². The predicted molar refractivity (Wildman–Crippen MR) is 81.7 cm³/mol. The summed E-state index contributed by atoms with van der Waals surface area (Å²) < 4.78 is 0. The lowest BCUT2D eigenvalue weighted by Crippen LogP contribution is -2.38. The van der Waals surface area contributed by atoms with Crippen molar-refractivity contribution in [3.63, 3.8) is 0 Å². The van der Waals surface area contributed by atoms with Crippen LogP contribution in [-0.2, 0) is 0 Å². The van der Waals surface area contributed by atoms with Crippen molar-refractivity contribution < 1.29 is 0 Å². The van der Waals surface area contributed by atoms with Gasteiger partial charge in [0.25, 0.3) is 0 Å². The second-order valence-corrected chi connectivity index (χ2v) is 5.65. The maximum absolute atomic E-state index is 8.84. The number of nitrogens with zero attached hydrogens (tertiary/aromatic N) is 4. The number of aromatic nitrogens is 2. The summed E-state index contributed by atoms with van der Waals surface area (Å²) in [5.74, 6) is 1.50. The Morgan fingerprint density at radius 1 is 1.10 bits per heavy atom. The van der Waals surface area contributed by atoms with Crippen LogP contribution < -0.4 is 4.90 Å². The molecule has 1 aromatic carbocycles. The van der Waals surface area contributed by atoms with Crippen LogP contribution in [0.3, 0.4) is 0 Å². The van der Waals surface area contributed by atoms with Gasteiger partial charge in [-0.2, -0.15) is 5.26 Å². The molecule has 2 atom stereocenters. The highest BCUT2D eigenvalue weighted by Gasteiger charge is 2.28. The Balaban J connectivity index is 1.93. The van der Waals surface area contributed by atoms with E-state index in [4.69, 9.17) is 5.26 Å². The van der Waals surface area contributed by atoms with E-state index in [0.717, 1.165) is 18.8 Å². The van der Waals surface area contributed by atoms with Crippen LogP contribution in [0.4, 0.5) is 5.82 Å². The highest BCUT2D eigenvalue weighted by Crippen LogP contribution is 2.35. The molecule has 1 fully saturated rings. The van der Waals surface area contributed by atoms with E-state index in [1.54, 1.807) is 6.07 Å². The van der Waals surface area contributed by atoms with Gasteiger partial charge in [0, 0.05) is 6.54 Å². The van der Waals surface area contributed by atoms with E-state index in [2.05, 4.69) is 46.3 Å². The van der Waals surface area contributed by atoms with Gasteiger partial charge in [0.2, 0.25) is 0 Å². The van der Waals surface area contributed by atoms with E-state index in [9.17, 15) is 0 Å². The molecule has 2 aromatic rings. The third-order valence-corrected chi connectivity index (χ3v) is 4.06. The quantitative estimate of drug-likeness (QED) is 0.845. The normalized spacial score (nSPS) is 21.8. The first-order valence-corrected chi connectivity index (χ1v) is 7.33. The number of benzene rings is 1. The van der Waals surface area contributed by atoms with Gasteiger partial charge in [0.15, 0.2) is 11.5 Å². The van der Waals surface area contributed by atoms with Crippen LogP contribution in [0.1, 0.15) is 37.1 Å². The van der Waals surface area contributed by atoms with Crippen molar-refractivity contribution in [1.29, 1.82) is 5.26 Å². The smallest absolute Gasteiger partial charge is 0.163 e. The molecule has 0 N–H and O–H groups in total. The molecule has 0 amide bonds. The molecule has 0 unspecified atom stereocenters. The first kappa shape index (κ1) is 13.6. The molecule has 0 bridgehead atoms. The minimum atomic E-state index is 0.338. The van der Waals surface area contributed by atoms with Crippen molar-refractivity contribution in [2.75, 3.05) is 11.4 Å². The van der Waals surface area contributed by atoms with Crippen LogP contribution >= 0.6 is 0 Å². The molecular weight excluding hydrogens is 260 g/mol. The van der Waals surface area contributed by atoms with Crippen molar-refractivity contribution in [2.24, 2.45) is 5.92 Å². The van der Waals surface area contributed by atoms with Crippen molar-refractivity contribution in [2.45, 2.75) is 25.8 Å². The molecule has 3 rings (SSSR count). The Morgan fingerprint density at radius 3 is 2.57 bits per heavy atom. The van der Waals surface area contributed by atoms with Crippen LogP contribution in [0.5, 0.6) is 0 Å². The molecule has 0 saturated carbocycles. The molecule has 2 heterocycles. The minimum Gasteiger partial charge on any atom is -0.348 e. The largest absolute Gasteiger partial charge is 0.348 e. The number of anilines is 1. The monoisotopic (exact) mass is 278 g/mol. The van der Waals surface area contributed by atoms with Crippen LogP contribution in [0.15, 0.2) is 42.5 Å². The number of rotatable bonds is 2. The van der Waals surface area contributed by atoms with E-state index >= 15 is 0 Å². The number of piperidine rings is 1. The average Bonchev–Trinajstić information content (AvgIpc) is 2.56. The van der Waals surface area contributed by atoms with Gasteiger partial charge in [-0.15, -0.1) is 10.2 Å². The van der Waals surface area contributed by atoms with E-state index in [0.29, 0.717) is 17.7 Å². The summed E-state index contributed by atoms with van der Waals surface area (Å²) in [5, 5.41) is 17.1. The van der Waals surface area contributed by atoms with Gasteiger partial charge in [0.05, 0.1) is 6.04 Å². The van der Waals surface area contributed by atoms with E-state index in [-0.39, 0.29) is 0 Å². The van der Waals surface area contributed by atoms with Crippen molar-refractivity contribution in [3.05, 3.63) is 53.7 Å². The predicted octanol–water partition coefficient (Wildman–Crippen LogP) is 3.33. The van der Waals surface area contributed by atoms with Gasteiger partial charge < -0.3 is 4.90 Å². The molecule has 1 aliphatic rings. The van der Waals surface area contributed by atoms with E-state index in [1.165, 1.54) is 12.0 Å². The fraction of sp³-hybridized carbons (Fsp3) is 0.353. The SMILES string of the molecule is C[C@@H]1CC[C@@H](c2ccccc2)N(c2ccc(C#N)nn2)C1. The summed E-state index contributed by atoms with van der Waals surface area (Å²) in [4.78, 5) is 2.32. The summed E-state index contributed by atoms with van der Waals surface area (Å²) in [6, 6.07) is 16.5. The Kier molecular flexibility index (Phi) is 3.83. The Labute approximate surface area is 125 Å². The first-order chi connectivity index (χ1) is 10.3. The lowest BCUT2D eigenvalue weighted by atomic mass is 9.90. The van der Waals surface area contributed by atoms with Gasteiger partial charge in [-0.05, 0) is 36.5 Å². The summed E-state index contributed by atoms with van der Waals surface area (Å²) in [5.41, 5.74) is 1.68. The van der Waals surface area contributed by atoms with Crippen LogP contribution in [-0.4, -0.2) is 16.7 Å². The summed E-state index contributed by atoms with van der Waals surface area (Å²) >= 11 is 0. The molecule has 21 heavy (non-hydrogen) atoms. The summed E-state index contributed by atoms with van der Waals surface area (Å²) in [7, 11) is 0. The third kappa shape index (κ3) is 2.87. The average molecular weight is 278 g/mol. The zero-order chi connectivity index (χ0) is 14.7. The lowest BCUT2D eigenvalue weighted by molar-refractivity contribution is 0.378. The maximum Gasteiger partial charge on any atom is 0.163 e.